The number of unbranched alkanes of at least 4 members (excludes halogenated alkanes) is 1. The van der Waals surface area contributed by atoms with Gasteiger partial charge in [-0.3, -0.25) is 9.59 Å². The molecule has 0 unspecified atom stereocenters. The van der Waals surface area contributed by atoms with Crippen molar-refractivity contribution in [2.24, 2.45) is 5.73 Å². The van der Waals surface area contributed by atoms with Gasteiger partial charge in [0.1, 0.15) is 0 Å². The number of nitrogens with two attached hydrogens (primary N) is 1. The average Bonchev–Trinajstić information content (AvgIpc) is 2.15. The van der Waals surface area contributed by atoms with Crippen LogP contribution in [0.3, 0.4) is 0 Å². The van der Waals surface area contributed by atoms with E-state index in [4.69, 9.17) is 10.8 Å². The van der Waals surface area contributed by atoms with Crippen LogP contribution < -0.4 is 11.1 Å². The summed E-state index contributed by atoms with van der Waals surface area (Å²) in [6, 6.07) is 0. The minimum Gasteiger partial charge on any atom is -0.481 e. The molecular formula is C11H22N2O3. The first-order chi connectivity index (χ1) is 7.37. The number of carbonyl (C=O) groups excluding carboxylic acids is 1. The Bertz CT molecular complexity index is 239. The first-order valence-electron chi connectivity index (χ1n) is 5.60. The van der Waals surface area contributed by atoms with Crippen molar-refractivity contribution in [3.63, 3.8) is 0 Å². The Kier molecular flexibility index (Phi) is 6.72. The standard InChI is InChI=1S/C11H22N2O3/c1-11(2,7-6-10(15)16)13-9(14)5-3-4-8-12/h3-8,12H2,1-2H3,(H,13,14)(H,15,16). The van der Waals surface area contributed by atoms with Gasteiger partial charge in [-0.25, -0.2) is 0 Å². The molecule has 0 aromatic heterocycles. The van der Waals surface area contributed by atoms with Crippen molar-refractivity contribution in [1.29, 1.82) is 0 Å². The Morgan fingerprint density at radius 3 is 2.38 bits per heavy atom. The summed E-state index contributed by atoms with van der Waals surface area (Å²) in [7, 11) is 0. The lowest BCUT2D eigenvalue weighted by Gasteiger charge is -2.25. The van der Waals surface area contributed by atoms with Gasteiger partial charge in [0.05, 0.1) is 0 Å². The molecule has 0 heterocycles. The van der Waals surface area contributed by atoms with Crippen LogP contribution in [-0.4, -0.2) is 29.1 Å². The molecule has 5 nitrogen and oxygen atoms in total. The van der Waals surface area contributed by atoms with Crippen molar-refractivity contribution in [3.8, 4) is 0 Å². The molecule has 0 saturated heterocycles. The number of carboxylic acid groups (broad SMARTS) is 1. The lowest BCUT2D eigenvalue weighted by atomic mass is 9.98. The Morgan fingerprint density at radius 1 is 1.25 bits per heavy atom. The first-order valence-corrected chi connectivity index (χ1v) is 5.60. The van der Waals surface area contributed by atoms with Crippen molar-refractivity contribution >= 4 is 11.9 Å². The maximum absolute atomic E-state index is 11.5. The number of aliphatic carboxylic acids is 1. The van der Waals surface area contributed by atoms with E-state index in [2.05, 4.69) is 5.32 Å². The highest BCUT2D eigenvalue weighted by molar-refractivity contribution is 5.76. The fraction of sp³-hybridized carbons (Fsp3) is 0.818. The van der Waals surface area contributed by atoms with E-state index in [9.17, 15) is 9.59 Å². The maximum atomic E-state index is 11.5. The van der Waals surface area contributed by atoms with Crippen molar-refractivity contribution in [2.45, 2.75) is 51.5 Å². The van der Waals surface area contributed by atoms with Gasteiger partial charge in [-0.05, 0) is 39.7 Å². The van der Waals surface area contributed by atoms with E-state index in [0.29, 0.717) is 19.4 Å². The average molecular weight is 230 g/mol. The zero-order valence-corrected chi connectivity index (χ0v) is 10.1. The van der Waals surface area contributed by atoms with E-state index >= 15 is 0 Å². The van der Waals surface area contributed by atoms with Gasteiger partial charge < -0.3 is 16.2 Å². The molecule has 0 fully saturated rings. The Hall–Kier alpha value is -1.10. The summed E-state index contributed by atoms with van der Waals surface area (Å²) in [4.78, 5) is 21.9. The number of nitrogens with one attached hydrogen (secondary N) is 1. The lowest BCUT2D eigenvalue weighted by Crippen LogP contribution is -2.43. The van der Waals surface area contributed by atoms with Gasteiger partial charge in [-0.15, -0.1) is 0 Å². The third-order valence-electron chi connectivity index (χ3n) is 2.30. The third kappa shape index (κ3) is 8.23. The molecule has 4 N–H and O–H groups in total. The van der Waals surface area contributed by atoms with Crippen molar-refractivity contribution in [3.05, 3.63) is 0 Å². The Labute approximate surface area is 96.4 Å². The molecule has 0 radical (unpaired) electrons. The van der Waals surface area contributed by atoms with Crippen LogP contribution in [-0.2, 0) is 9.59 Å². The summed E-state index contributed by atoms with van der Waals surface area (Å²) in [5.74, 6) is -0.880. The van der Waals surface area contributed by atoms with Gasteiger partial charge in [0.25, 0.3) is 0 Å². The molecule has 94 valence electrons. The quantitative estimate of drug-likeness (QED) is 0.539. The Morgan fingerprint density at radius 2 is 1.88 bits per heavy atom. The van der Waals surface area contributed by atoms with Crippen LogP contribution in [0, 0.1) is 0 Å². The molecule has 1 amide bonds. The maximum Gasteiger partial charge on any atom is 0.303 e. The van der Waals surface area contributed by atoms with Gasteiger partial charge in [0, 0.05) is 18.4 Å². The number of hydrogen-bond acceptors (Lipinski definition) is 3. The SMILES string of the molecule is CC(C)(CCC(=O)O)NC(=O)CCCCN. The molecule has 0 aromatic carbocycles. The summed E-state index contributed by atoms with van der Waals surface area (Å²) in [5, 5.41) is 11.4. The molecular weight excluding hydrogens is 208 g/mol. The second-order valence-electron chi connectivity index (χ2n) is 4.57. The van der Waals surface area contributed by atoms with Crippen LogP contribution in [0.5, 0.6) is 0 Å². The number of rotatable bonds is 8. The Balaban J connectivity index is 3.85. The van der Waals surface area contributed by atoms with Crippen molar-refractivity contribution < 1.29 is 14.7 Å². The number of amides is 1. The fourth-order valence-electron chi connectivity index (χ4n) is 1.35. The second-order valence-corrected chi connectivity index (χ2v) is 4.57. The normalized spacial score (nSPS) is 11.2. The highest BCUT2D eigenvalue weighted by Crippen LogP contribution is 2.11. The smallest absolute Gasteiger partial charge is 0.303 e. The summed E-state index contributed by atoms with van der Waals surface area (Å²) in [6.45, 7) is 4.25. The van der Waals surface area contributed by atoms with Gasteiger partial charge >= 0.3 is 5.97 Å². The van der Waals surface area contributed by atoms with E-state index < -0.39 is 11.5 Å². The zero-order valence-electron chi connectivity index (χ0n) is 10.1. The molecule has 0 aliphatic carbocycles. The molecule has 0 rings (SSSR count). The minimum absolute atomic E-state index is 0.0381. The molecule has 16 heavy (non-hydrogen) atoms. The van der Waals surface area contributed by atoms with Crippen LogP contribution in [0.2, 0.25) is 0 Å². The van der Waals surface area contributed by atoms with Gasteiger partial charge in [-0.2, -0.15) is 0 Å². The summed E-state index contributed by atoms with van der Waals surface area (Å²) in [6.07, 6.45) is 2.56. The van der Waals surface area contributed by atoms with E-state index in [1.54, 1.807) is 0 Å². The highest BCUT2D eigenvalue weighted by atomic mass is 16.4. The van der Waals surface area contributed by atoms with Crippen LogP contribution in [0.25, 0.3) is 0 Å². The third-order valence-corrected chi connectivity index (χ3v) is 2.30. The summed E-state index contributed by atoms with van der Waals surface area (Å²) in [5.41, 5.74) is 4.87. The largest absolute Gasteiger partial charge is 0.481 e. The molecule has 0 spiro atoms. The highest BCUT2D eigenvalue weighted by Gasteiger charge is 2.20. The predicted octanol–water partition coefficient (Wildman–Crippen LogP) is 0.875. The minimum atomic E-state index is -0.842. The molecule has 0 bridgehead atoms. The van der Waals surface area contributed by atoms with Gasteiger partial charge in [-0.1, -0.05) is 0 Å². The van der Waals surface area contributed by atoms with Crippen LogP contribution in [0.15, 0.2) is 0 Å². The molecule has 0 saturated carbocycles. The molecule has 0 aromatic rings. The topological polar surface area (TPSA) is 92.4 Å². The summed E-state index contributed by atoms with van der Waals surface area (Å²) >= 11 is 0. The van der Waals surface area contributed by atoms with E-state index in [0.717, 1.165) is 12.8 Å². The van der Waals surface area contributed by atoms with Gasteiger partial charge in [0.15, 0.2) is 0 Å². The van der Waals surface area contributed by atoms with Crippen molar-refractivity contribution in [2.75, 3.05) is 6.54 Å². The molecule has 0 aliphatic heterocycles. The van der Waals surface area contributed by atoms with E-state index in [-0.39, 0.29) is 12.3 Å². The van der Waals surface area contributed by atoms with E-state index in [1.165, 1.54) is 0 Å². The molecule has 5 heteroatoms. The monoisotopic (exact) mass is 230 g/mol. The first kappa shape index (κ1) is 14.9. The lowest BCUT2D eigenvalue weighted by molar-refractivity contribution is -0.137. The molecule has 0 atom stereocenters. The number of hydrogen-bond donors (Lipinski definition) is 3. The summed E-state index contributed by atoms with van der Waals surface area (Å²) < 4.78 is 0. The van der Waals surface area contributed by atoms with Crippen LogP contribution in [0.4, 0.5) is 0 Å². The predicted molar refractivity (Wildman–Crippen MR) is 62.0 cm³/mol. The van der Waals surface area contributed by atoms with Crippen LogP contribution >= 0.6 is 0 Å². The van der Waals surface area contributed by atoms with Crippen LogP contribution in [0.1, 0.15) is 46.0 Å². The number of carboxylic acids is 1. The van der Waals surface area contributed by atoms with Gasteiger partial charge in [0.2, 0.25) is 5.91 Å². The van der Waals surface area contributed by atoms with Crippen molar-refractivity contribution in [1.82, 2.24) is 5.32 Å². The fourth-order valence-corrected chi connectivity index (χ4v) is 1.35. The molecule has 0 aliphatic rings. The number of carbonyl (C=O) groups is 2. The zero-order chi connectivity index (χ0) is 12.6. The second kappa shape index (κ2) is 7.22. The van der Waals surface area contributed by atoms with E-state index in [1.807, 2.05) is 13.8 Å².